The summed E-state index contributed by atoms with van der Waals surface area (Å²) in [6.45, 7) is -0.120. The number of likely N-dealkylation sites (N-methyl/N-ethyl adjacent to an activating group) is 1. The van der Waals surface area contributed by atoms with Gasteiger partial charge in [0.25, 0.3) is 0 Å². The lowest BCUT2D eigenvalue weighted by Gasteiger charge is -2.13. The first-order chi connectivity index (χ1) is 8.66. The minimum atomic E-state index is -0.909. The lowest BCUT2D eigenvalue weighted by molar-refractivity contribution is -0.135. The Morgan fingerprint density at radius 2 is 1.78 bits per heavy atom. The number of aliphatic carboxylic acids is 1. The highest BCUT2D eigenvalue weighted by Crippen LogP contribution is 2.17. The van der Waals surface area contributed by atoms with Crippen LogP contribution in [0.1, 0.15) is 0 Å². The second kappa shape index (κ2) is 5.27. The summed E-state index contributed by atoms with van der Waals surface area (Å²) < 4.78 is 0. The third-order valence-corrected chi connectivity index (χ3v) is 2.46. The van der Waals surface area contributed by atoms with Gasteiger partial charge in [0.1, 0.15) is 6.54 Å². The largest absolute Gasteiger partial charge is 0.480 e. The smallest absolute Gasteiger partial charge is 0.323 e. The fraction of sp³-hybridized carbons (Fsp3) is 0.154. The Kier molecular flexibility index (Phi) is 3.52. The number of nitrogens with zero attached hydrogens (tertiary/aromatic N) is 3. The molecule has 0 saturated heterocycles. The van der Waals surface area contributed by atoms with Crippen LogP contribution in [0.3, 0.4) is 0 Å². The molecule has 1 heterocycles. The van der Waals surface area contributed by atoms with Crippen LogP contribution in [0, 0.1) is 0 Å². The van der Waals surface area contributed by atoms with Crippen molar-refractivity contribution in [2.75, 3.05) is 18.5 Å². The Bertz CT molecular complexity index is 526. The van der Waals surface area contributed by atoms with Crippen molar-refractivity contribution in [1.29, 1.82) is 0 Å². The van der Waals surface area contributed by atoms with Gasteiger partial charge < -0.3 is 10.0 Å². The molecule has 1 N–H and O–H groups in total. The van der Waals surface area contributed by atoms with Crippen molar-refractivity contribution >= 4 is 11.9 Å². The van der Waals surface area contributed by atoms with Crippen molar-refractivity contribution in [1.82, 2.24) is 9.97 Å². The Balaban J connectivity index is 2.18. The minimum Gasteiger partial charge on any atom is -0.480 e. The highest BCUT2D eigenvalue weighted by atomic mass is 16.4. The van der Waals surface area contributed by atoms with Gasteiger partial charge in [0.15, 0.2) is 0 Å². The van der Waals surface area contributed by atoms with Crippen molar-refractivity contribution in [3.8, 4) is 11.1 Å². The van der Waals surface area contributed by atoms with E-state index in [2.05, 4.69) is 9.97 Å². The standard InChI is InChI=1S/C13H13N3O2/c1-16(9-12(17)18)13-14-7-11(8-15-13)10-5-3-2-4-6-10/h2-8H,9H2,1H3,(H,17,18). The van der Waals surface area contributed by atoms with Crippen LogP contribution in [0.5, 0.6) is 0 Å². The Labute approximate surface area is 105 Å². The lowest BCUT2D eigenvalue weighted by Crippen LogP contribution is -2.26. The second-order valence-corrected chi connectivity index (χ2v) is 3.89. The maximum Gasteiger partial charge on any atom is 0.323 e. The summed E-state index contributed by atoms with van der Waals surface area (Å²) in [6.07, 6.45) is 3.38. The molecular weight excluding hydrogens is 230 g/mol. The van der Waals surface area contributed by atoms with Crippen LogP contribution in [0.2, 0.25) is 0 Å². The van der Waals surface area contributed by atoms with E-state index in [1.165, 1.54) is 4.90 Å². The monoisotopic (exact) mass is 243 g/mol. The van der Waals surface area contributed by atoms with E-state index in [0.29, 0.717) is 5.95 Å². The van der Waals surface area contributed by atoms with E-state index in [0.717, 1.165) is 11.1 Å². The number of carbonyl (C=O) groups is 1. The molecule has 0 atom stereocenters. The predicted molar refractivity (Wildman–Crippen MR) is 68.4 cm³/mol. The maximum absolute atomic E-state index is 10.6. The summed E-state index contributed by atoms with van der Waals surface area (Å²) in [5, 5.41) is 8.68. The van der Waals surface area contributed by atoms with Gasteiger partial charge in [0, 0.05) is 25.0 Å². The summed E-state index contributed by atoms with van der Waals surface area (Å²) in [4.78, 5) is 20.4. The van der Waals surface area contributed by atoms with Crippen molar-refractivity contribution < 1.29 is 9.90 Å². The summed E-state index contributed by atoms with van der Waals surface area (Å²) >= 11 is 0. The fourth-order valence-corrected chi connectivity index (χ4v) is 1.57. The van der Waals surface area contributed by atoms with Gasteiger partial charge in [-0.2, -0.15) is 0 Å². The van der Waals surface area contributed by atoms with E-state index in [9.17, 15) is 4.79 Å². The molecule has 5 nitrogen and oxygen atoms in total. The predicted octanol–water partition coefficient (Wildman–Crippen LogP) is 1.66. The van der Waals surface area contributed by atoms with Crippen LogP contribution in [0.25, 0.3) is 11.1 Å². The molecule has 5 heteroatoms. The molecule has 1 aromatic heterocycles. The Morgan fingerprint density at radius 1 is 1.17 bits per heavy atom. The number of rotatable bonds is 4. The van der Waals surface area contributed by atoms with Gasteiger partial charge in [-0.1, -0.05) is 30.3 Å². The molecule has 0 aliphatic carbocycles. The molecule has 0 radical (unpaired) electrons. The minimum absolute atomic E-state index is 0.120. The van der Waals surface area contributed by atoms with Gasteiger partial charge in [-0.3, -0.25) is 4.79 Å². The topological polar surface area (TPSA) is 66.3 Å². The molecule has 1 aromatic carbocycles. The molecular formula is C13H13N3O2. The van der Waals surface area contributed by atoms with Crippen molar-refractivity contribution in [3.63, 3.8) is 0 Å². The Morgan fingerprint density at radius 3 is 2.33 bits per heavy atom. The molecule has 0 bridgehead atoms. The zero-order valence-electron chi connectivity index (χ0n) is 9.95. The van der Waals surface area contributed by atoms with Gasteiger partial charge in [-0.25, -0.2) is 9.97 Å². The average molecular weight is 243 g/mol. The molecule has 0 spiro atoms. The molecule has 92 valence electrons. The van der Waals surface area contributed by atoms with Gasteiger partial charge in [-0.05, 0) is 5.56 Å². The molecule has 18 heavy (non-hydrogen) atoms. The van der Waals surface area contributed by atoms with E-state index in [4.69, 9.17) is 5.11 Å². The lowest BCUT2D eigenvalue weighted by atomic mass is 10.1. The second-order valence-electron chi connectivity index (χ2n) is 3.89. The number of benzene rings is 1. The molecule has 0 aliphatic heterocycles. The highest BCUT2D eigenvalue weighted by Gasteiger charge is 2.08. The SMILES string of the molecule is CN(CC(=O)O)c1ncc(-c2ccccc2)cn1. The van der Waals surface area contributed by atoms with Crippen molar-refractivity contribution in [2.45, 2.75) is 0 Å². The molecule has 2 rings (SSSR count). The zero-order chi connectivity index (χ0) is 13.0. The molecule has 0 fully saturated rings. The molecule has 0 saturated carbocycles. The van der Waals surface area contributed by atoms with E-state index < -0.39 is 5.97 Å². The van der Waals surface area contributed by atoms with Crippen LogP contribution >= 0.6 is 0 Å². The van der Waals surface area contributed by atoms with E-state index in [1.54, 1.807) is 19.4 Å². The van der Waals surface area contributed by atoms with Gasteiger partial charge in [-0.15, -0.1) is 0 Å². The third-order valence-electron chi connectivity index (χ3n) is 2.46. The number of anilines is 1. The van der Waals surface area contributed by atoms with E-state index >= 15 is 0 Å². The molecule has 0 unspecified atom stereocenters. The molecule has 0 amide bonds. The first-order valence-corrected chi connectivity index (χ1v) is 5.47. The van der Waals surface area contributed by atoms with E-state index in [-0.39, 0.29) is 6.54 Å². The van der Waals surface area contributed by atoms with Crippen molar-refractivity contribution in [2.24, 2.45) is 0 Å². The number of hydrogen-bond acceptors (Lipinski definition) is 4. The number of carboxylic acids is 1. The number of hydrogen-bond donors (Lipinski definition) is 1. The average Bonchev–Trinajstić information content (AvgIpc) is 2.39. The van der Waals surface area contributed by atoms with Crippen LogP contribution in [-0.2, 0) is 4.79 Å². The van der Waals surface area contributed by atoms with Gasteiger partial charge in [0.05, 0.1) is 0 Å². The summed E-state index contributed by atoms with van der Waals surface area (Å²) in [6, 6.07) is 9.78. The van der Waals surface area contributed by atoms with Crippen molar-refractivity contribution in [3.05, 3.63) is 42.7 Å². The molecule has 0 aliphatic rings. The number of carboxylic acid groups (broad SMARTS) is 1. The van der Waals surface area contributed by atoms with Crippen LogP contribution in [-0.4, -0.2) is 34.6 Å². The molecule has 2 aromatic rings. The normalized spacial score (nSPS) is 10.1. The third kappa shape index (κ3) is 2.82. The fourth-order valence-electron chi connectivity index (χ4n) is 1.57. The maximum atomic E-state index is 10.6. The highest BCUT2D eigenvalue weighted by molar-refractivity contribution is 5.72. The quantitative estimate of drug-likeness (QED) is 0.884. The summed E-state index contributed by atoms with van der Waals surface area (Å²) in [5.74, 6) is -0.509. The first kappa shape index (κ1) is 12.0. The Hall–Kier alpha value is -2.43. The number of aromatic nitrogens is 2. The van der Waals surface area contributed by atoms with Crippen LogP contribution < -0.4 is 4.90 Å². The van der Waals surface area contributed by atoms with Gasteiger partial charge in [0.2, 0.25) is 5.95 Å². The van der Waals surface area contributed by atoms with E-state index in [1.807, 2.05) is 30.3 Å². The van der Waals surface area contributed by atoms with Crippen LogP contribution in [0.15, 0.2) is 42.7 Å². The van der Waals surface area contributed by atoms with Gasteiger partial charge >= 0.3 is 5.97 Å². The first-order valence-electron chi connectivity index (χ1n) is 5.47. The summed E-state index contributed by atoms with van der Waals surface area (Å²) in [5.41, 5.74) is 1.94. The zero-order valence-corrected chi connectivity index (χ0v) is 9.95. The van der Waals surface area contributed by atoms with Crippen LogP contribution in [0.4, 0.5) is 5.95 Å². The summed E-state index contributed by atoms with van der Waals surface area (Å²) in [7, 11) is 1.64.